The van der Waals surface area contributed by atoms with Gasteiger partial charge in [0.05, 0.1) is 6.20 Å². The van der Waals surface area contributed by atoms with Gasteiger partial charge in [0.15, 0.2) is 6.39 Å². The van der Waals surface area contributed by atoms with Crippen molar-refractivity contribution in [1.82, 2.24) is 4.98 Å². The van der Waals surface area contributed by atoms with Crippen LogP contribution >= 0.6 is 0 Å². The second-order valence-electron chi connectivity index (χ2n) is 2.49. The third-order valence-electron chi connectivity index (χ3n) is 1.48. The summed E-state index contributed by atoms with van der Waals surface area (Å²) in [6, 6.07) is 0. The first-order valence-electron chi connectivity index (χ1n) is 3.63. The van der Waals surface area contributed by atoms with E-state index < -0.39 is 0 Å². The summed E-state index contributed by atoms with van der Waals surface area (Å²) in [5.74, 6) is -0.0235. The van der Waals surface area contributed by atoms with Crippen molar-refractivity contribution in [2.24, 2.45) is 11.7 Å². The van der Waals surface area contributed by atoms with Crippen LogP contribution in [0.15, 0.2) is 17.0 Å². The molecule has 3 N–H and O–H groups in total. The van der Waals surface area contributed by atoms with Gasteiger partial charge in [0.2, 0.25) is 11.8 Å². The van der Waals surface area contributed by atoms with Gasteiger partial charge in [-0.3, -0.25) is 10.1 Å². The Bertz CT molecular complexity index is 245. The summed E-state index contributed by atoms with van der Waals surface area (Å²) in [4.78, 5) is 14.8. The molecule has 0 spiro atoms. The summed E-state index contributed by atoms with van der Waals surface area (Å²) in [7, 11) is 0. The summed E-state index contributed by atoms with van der Waals surface area (Å²) in [5.41, 5.74) is 5.29. The molecule has 66 valence electrons. The number of carbonyl (C=O) groups excluding carboxylic acids is 1. The fraction of sp³-hybridized carbons (Fsp3) is 0.429. The number of hydrogen-bond acceptors (Lipinski definition) is 4. The van der Waals surface area contributed by atoms with Gasteiger partial charge < -0.3 is 10.2 Å². The number of amides is 1. The van der Waals surface area contributed by atoms with Crippen LogP contribution in [0.25, 0.3) is 0 Å². The van der Waals surface area contributed by atoms with Gasteiger partial charge in [-0.15, -0.1) is 0 Å². The van der Waals surface area contributed by atoms with E-state index in [1.807, 2.05) is 0 Å². The normalized spacial score (nSPS) is 12.5. The van der Waals surface area contributed by atoms with Crippen LogP contribution in [-0.2, 0) is 4.79 Å². The molecule has 12 heavy (non-hydrogen) atoms. The molecule has 1 unspecified atom stereocenters. The average molecular weight is 169 g/mol. The average Bonchev–Trinajstić information content (AvgIpc) is 2.55. The first-order valence-corrected chi connectivity index (χ1v) is 3.63. The quantitative estimate of drug-likeness (QED) is 0.677. The Morgan fingerprint density at radius 2 is 2.67 bits per heavy atom. The van der Waals surface area contributed by atoms with Crippen molar-refractivity contribution in [3.63, 3.8) is 0 Å². The van der Waals surface area contributed by atoms with Crippen LogP contribution in [0.1, 0.15) is 6.92 Å². The second kappa shape index (κ2) is 3.87. The van der Waals surface area contributed by atoms with Gasteiger partial charge in [0.25, 0.3) is 0 Å². The number of anilines is 1. The van der Waals surface area contributed by atoms with Crippen molar-refractivity contribution in [1.29, 1.82) is 0 Å². The number of aromatic nitrogens is 1. The summed E-state index contributed by atoms with van der Waals surface area (Å²) in [6.07, 6.45) is 2.68. The molecule has 1 rings (SSSR count). The van der Waals surface area contributed by atoms with E-state index in [-0.39, 0.29) is 11.8 Å². The largest absolute Gasteiger partial charge is 0.428 e. The van der Waals surface area contributed by atoms with E-state index in [0.717, 1.165) is 0 Å². The Morgan fingerprint density at radius 3 is 3.17 bits per heavy atom. The molecule has 0 aliphatic carbocycles. The van der Waals surface area contributed by atoms with E-state index in [0.29, 0.717) is 12.4 Å². The van der Waals surface area contributed by atoms with Gasteiger partial charge in [-0.25, -0.2) is 4.98 Å². The molecule has 0 saturated heterocycles. The second-order valence-corrected chi connectivity index (χ2v) is 2.49. The Labute approximate surface area is 70.0 Å². The molecule has 0 bridgehead atoms. The Kier molecular flexibility index (Phi) is 2.82. The lowest BCUT2D eigenvalue weighted by atomic mass is 10.2. The maximum absolute atomic E-state index is 11.2. The van der Waals surface area contributed by atoms with E-state index in [2.05, 4.69) is 10.3 Å². The van der Waals surface area contributed by atoms with Gasteiger partial charge in [-0.1, -0.05) is 6.92 Å². The van der Waals surface area contributed by atoms with Crippen molar-refractivity contribution in [2.75, 3.05) is 11.9 Å². The maximum Gasteiger partial charge on any atom is 0.230 e. The molecule has 0 fully saturated rings. The monoisotopic (exact) mass is 169 g/mol. The highest BCUT2D eigenvalue weighted by Gasteiger charge is 2.11. The lowest BCUT2D eigenvalue weighted by molar-refractivity contribution is -0.119. The molecule has 5 heteroatoms. The topological polar surface area (TPSA) is 81.2 Å². The lowest BCUT2D eigenvalue weighted by Gasteiger charge is -2.06. The van der Waals surface area contributed by atoms with Crippen LogP contribution < -0.4 is 11.1 Å². The van der Waals surface area contributed by atoms with Gasteiger partial charge in [0, 0.05) is 12.5 Å². The minimum absolute atomic E-state index is 0.158. The van der Waals surface area contributed by atoms with Gasteiger partial charge in [0.1, 0.15) is 0 Å². The van der Waals surface area contributed by atoms with Crippen molar-refractivity contribution in [2.45, 2.75) is 6.92 Å². The summed E-state index contributed by atoms with van der Waals surface area (Å²) >= 11 is 0. The zero-order chi connectivity index (χ0) is 8.97. The highest BCUT2D eigenvalue weighted by Crippen LogP contribution is 2.05. The van der Waals surface area contributed by atoms with Crippen molar-refractivity contribution >= 4 is 11.8 Å². The van der Waals surface area contributed by atoms with Gasteiger partial charge in [-0.2, -0.15) is 0 Å². The van der Waals surface area contributed by atoms with E-state index in [9.17, 15) is 4.79 Å². The molecule has 1 aromatic heterocycles. The molecule has 0 aliphatic heterocycles. The van der Waals surface area contributed by atoms with Crippen LogP contribution in [0.4, 0.5) is 5.88 Å². The summed E-state index contributed by atoms with van der Waals surface area (Å²) in [6.45, 7) is 2.06. The highest BCUT2D eigenvalue weighted by atomic mass is 16.4. The summed E-state index contributed by atoms with van der Waals surface area (Å²) < 4.78 is 4.81. The van der Waals surface area contributed by atoms with Gasteiger partial charge in [-0.05, 0) is 0 Å². The highest BCUT2D eigenvalue weighted by molar-refractivity contribution is 5.90. The number of carbonyl (C=O) groups is 1. The molecule has 1 amide bonds. The fourth-order valence-electron chi connectivity index (χ4n) is 0.629. The molecule has 1 heterocycles. The zero-order valence-corrected chi connectivity index (χ0v) is 6.78. The first-order chi connectivity index (χ1) is 5.74. The Hall–Kier alpha value is -1.36. The smallest absolute Gasteiger partial charge is 0.230 e. The molecule has 1 atom stereocenters. The van der Waals surface area contributed by atoms with Crippen molar-refractivity contribution < 1.29 is 9.21 Å². The molecule has 1 aromatic rings. The van der Waals surface area contributed by atoms with Gasteiger partial charge >= 0.3 is 0 Å². The molecule has 0 saturated carbocycles. The standard InChI is InChI=1S/C7H11N3O2/c1-5(2-8)7(11)10-6-3-9-4-12-6/h3-5H,2,8H2,1H3,(H,10,11). The van der Waals surface area contributed by atoms with E-state index in [1.165, 1.54) is 12.6 Å². The van der Waals surface area contributed by atoms with Crippen LogP contribution in [0.2, 0.25) is 0 Å². The van der Waals surface area contributed by atoms with E-state index >= 15 is 0 Å². The minimum Gasteiger partial charge on any atom is -0.428 e. The Morgan fingerprint density at radius 1 is 1.92 bits per heavy atom. The van der Waals surface area contributed by atoms with Crippen molar-refractivity contribution in [3.8, 4) is 0 Å². The number of nitrogens with one attached hydrogen (secondary N) is 1. The number of hydrogen-bond donors (Lipinski definition) is 2. The van der Waals surface area contributed by atoms with Crippen LogP contribution in [0.5, 0.6) is 0 Å². The zero-order valence-electron chi connectivity index (χ0n) is 6.78. The predicted molar refractivity (Wildman–Crippen MR) is 43.4 cm³/mol. The Balaban J connectivity index is 2.47. The predicted octanol–water partition coefficient (Wildman–Crippen LogP) is 0.208. The molecule has 0 aliphatic rings. The number of oxazole rings is 1. The molecular weight excluding hydrogens is 158 g/mol. The molecule has 0 aromatic carbocycles. The maximum atomic E-state index is 11.2. The van der Waals surface area contributed by atoms with Crippen LogP contribution in [0, 0.1) is 5.92 Å². The van der Waals surface area contributed by atoms with Crippen molar-refractivity contribution in [3.05, 3.63) is 12.6 Å². The first kappa shape index (κ1) is 8.73. The minimum atomic E-state index is -0.213. The molecule has 0 radical (unpaired) electrons. The SMILES string of the molecule is CC(CN)C(=O)Nc1cnco1. The fourth-order valence-corrected chi connectivity index (χ4v) is 0.629. The third kappa shape index (κ3) is 2.06. The number of nitrogens with two attached hydrogens (primary N) is 1. The molecular formula is C7H11N3O2. The van der Waals surface area contributed by atoms with Crippen LogP contribution in [0.3, 0.4) is 0 Å². The number of rotatable bonds is 3. The lowest BCUT2D eigenvalue weighted by Crippen LogP contribution is -2.26. The van der Waals surface area contributed by atoms with E-state index in [4.69, 9.17) is 10.2 Å². The molecule has 5 nitrogen and oxygen atoms in total. The third-order valence-corrected chi connectivity index (χ3v) is 1.48. The summed E-state index contributed by atoms with van der Waals surface area (Å²) in [5, 5.41) is 2.52. The van der Waals surface area contributed by atoms with Crippen LogP contribution in [-0.4, -0.2) is 17.4 Å². The van der Waals surface area contributed by atoms with E-state index in [1.54, 1.807) is 6.92 Å². The number of nitrogens with zero attached hydrogens (tertiary/aromatic N) is 1.